The second kappa shape index (κ2) is 10.4. The molecule has 0 aliphatic rings. The molecular weight excluding hydrogens is 315 g/mol. The minimum absolute atomic E-state index is 0.575. The SMILES string of the molecule is CCCCS/C(=C\c1ccccc1)[Se]CC=C(C)C. The number of allylic oxidation sites excluding steroid dienone is 2. The molecule has 0 heterocycles. The molecule has 1 rings (SSSR count). The Kier molecular flexibility index (Phi) is 9.07. The third-order valence-electron chi connectivity index (χ3n) is 2.54. The summed E-state index contributed by atoms with van der Waals surface area (Å²) < 4.78 is 1.57. The van der Waals surface area contributed by atoms with E-state index in [1.165, 1.54) is 35.1 Å². The van der Waals surface area contributed by atoms with Crippen molar-refractivity contribution in [2.24, 2.45) is 0 Å². The van der Waals surface area contributed by atoms with Crippen LogP contribution in [0.5, 0.6) is 0 Å². The number of thioether (sulfide) groups is 1. The van der Waals surface area contributed by atoms with Gasteiger partial charge in [-0.05, 0) is 0 Å². The fourth-order valence-electron chi connectivity index (χ4n) is 1.42. The predicted octanol–water partition coefficient (Wildman–Crippen LogP) is 5.61. The number of rotatable bonds is 8. The molecule has 2 heteroatoms. The van der Waals surface area contributed by atoms with Gasteiger partial charge in [0.1, 0.15) is 0 Å². The molecule has 0 atom stereocenters. The number of hydrogen-bond acceptors (Lipinski definition) is 1. The molecule has 1 aromatic carbocycles. The maximum absolute atomic E-state index is 2.37. The normalized spacial score (nSPS) is 11.4. The number of unbranched alkanes of at least 4 members (excludes halogenated alkanes) is 1. The topological polar surface area (TPSA) is 0 Å². The van der Waals surface area contributed by atoms with E-state index in [2.05, 4.69) is 75.0 Å². The fraction of sp³-hybridized carbons (Fsp3) is 0.412. The molecule has 0 saturated carbocycles. The molecule has 0 bridgehead atoms. The first kappa shape index (κ1) is 16.6. The van der Waals surface area contributed by atoms with E-state index in [-0.39, 0.29) is 0 Å². The molecule has 104 valence electrons. The predicted molar refractivity (Wildman–Crippen MR) is 91.8 cm³/mol. The van der Waals surface area contributed by atoms with Gasteiger partial charge in [-0.3, -0.25) is 0 Å². The van der Waals surface area contributed by atoms with Gasteiger partial charge in [0.15, 0.2) is 0 Å². The Hall–Kier alpha value is -0.431. The Balaban J connectivity index is 2.62. The molecule has 1 aromatic rings. The van der Waals surface area contributed by atoms with Gasteiger partial charge in [-0.1, -0.05) is 0 Å². The zero-order valence-electron chi connectivity index (χ0n) is 12.2. The van der Waals surface area contributed by atoms with Crippen molar-refractivity contribution in [3.8, 4) is 0 Å². The Morgan fingerprint density at radius 2 is 1.95 bits per heavy atom. The second-order valence-electron chi connectivity index (χ2n) is 4.67. The van der Waals surface area contributed by atoms with Gasteiger partial charge >= 0.3 is 129 Å². The van der Waals surface area contributed by atoms with Gasteiger partial charge in [-0.15, -0.1) is 0 Å². The molecule has 0 fully saturated rings. The fourth-order valence-corrected chi connectivity index (χ4v) is 5.44. The first-order valence-corrected chi connectivity index (χ1v) is 9.93. The van der Waals surface area contributed by atoms with E-state index in [1.807, 2.05) is 0 Å². The summed E-state index contributed by atoms with van der Waals surface area (Å²) in [5.41, 5.74) is 2.76. The van der Waals surface area contributed by atoms with Gasteiger partial charge in [0, 0.05) is 0 Å². The van der Waals surface area contributed by atoms with Crippen molar-refractivity contribution < 1.29 is 0 Å². The van der Waals surface area contributed by atoms with E-state index in [9.17, 15) is 0 Å². The Labute approximate surface area is 128 Å². The van der Waals surface area contributed by atoms with Crippen molar-refractivity contribution in [2.45, 2.75) is 38.9 Å². The molecule has 19 heavy (non-hydrogen) atoms. The third-order valence-corrected chi connectivity index (χ3v) is 6.34. The van der Waals surface area contributed by atoms with Crippen molar-refractivity contribution in [1.82, 2.24) is 0 Å². The molecule has 0 radical (unpaired) electrons. The Bertz CT molecular complexity index is 403. The van der Waals surface area contributed by atoms with E-state index in [1.54, 1.807) is 3.80 Å². The van der Waals surface area contributed by atoms with Crippen LogP contribution in [-0.2, 0) is 0 Å². The van der Waals surface area contributed by atoms with Gasteiger partial charge in [0.2, 0.25) is 0 Å². The summed E-state index contributed by atoms with van der Waals surface area (Å²) in [4.78, 5) is 0. The summed E-state index contributed by atoms with van der Waals surface area (Å²) in [7, 11) is 0. The minimum atomic E-state index is 0.575. The molecule has 0 aromatic heterocycles. The molecule has 0 unspecified atom stereocenters. The monoisotopic (exact) mass is 340 g/mol. The van der Waals surface area contributed by atoms with Crippen LogP contribution < -0.4 is 0 Å². The quantitative estimate of drug-likeness (QED) is 0.337. The zero-order valence-corrected chi connectivity index (χ0v) is 14.7. The number of hydrogen-bond donors (Lipinski definition) is 0. The van der Waals surface area contributed by atoms with Crippen molar-refractivity contribution in [3.63, 3.8) is 0 Å². The maximum atomic E-state index is 2.37. The average molecular weight is 339 g/mol. The van der Waals surface area contributed by atoms with E-state index < -0.39 is 0 Å². The van der Waals surface area contributed by atoms with Crippen molar-refractivity contribution in [2.75, 3.05) is 5.75 Å². The van der Waals surface area contributed by atoms with E-state index in [0.29, 0.717) is 15.0 Å². The summed E-state index contributed by atoms with van der Waals surface area (Å²) in [6, 6.07) is 10.7. The molecule has 0 amide bonds. The van der Waals surface area contributed by atoms with Crippen molar-refractivity contribution >= 4 is 32.8 Å². The van der Waals surface area contributed by atoms with Crippen molar-refractivity contribution in [1.29, 1.82) is 0 Å². The van der Waals surface area contributed by atoms with Crippen LogP contribution >= 0.6 is 11.8 Å². The summed E-state index contributed by atoms with van der Waals surface area (Å²) in [5.74, 6) is 1.26. The Morgan fingerprint density at radius 1 is 1.21 bits per heavy atom. The van der Waals surface area contributed by atoms with E-state index in [4.69, 9.17) is 0 Å². The summed E-state index contributed by atoms with van der Waals surface area (Å²) in [5, 5.41) is 1.22. The van der Waals surface area contributed by atoms with E-state index in [0.717, 1.165) is 0 Å². The average Bonchev–Trinajstić information content (AvgIpc) is 2.39. The summed E-state index contributed by atoms with van der Waals surface area (Å²) in [6.07, 6.45) is 7.33. The van der Waals surface area contributed by atoms with Crippen LogP contribution in [-0.4, -0.2) is 20.7 Å². The van der Waals surface area contributed by atoms with Crippen LogP contribution in [0.4, 0.5) is 0 Å². The molecule has 0 aliphatic carbocycles. The van der Waals surface area contributed by atoms with Crippen LogP contribution in [0.3, 0.4) is 0 Å². The standard InChI is InChI=1S/C17H24SSe/c1-4-5-12-18-17(19-13-11-15(2)3)14-16-9-7-6-8-10-16/h6-11,14H,4-5,12-13H2,1-3H3/b17-14+. The molecule has 0 N–H and O–H groups in total. The zero-order chi connectivity index (χ0) is 13.9. The van der Waals surface area contributed by atoms with Crippen LogP contribution in [0, 0.1) is 0 Å². The van der Waals surface area contributed by atoms with Crippen LogP contribution in [0.1, 0.15) is 39.2 Å². The second-order valence-corrected chi connectivity index (χ2v) is 8.62. The summed E-state index contributed by atoms with van der Waals surface area (Å²) >= 11 is 2.63. The molecule has 0 saturated heterocycles. The van der Waals surface area contributed by atoms with Gasteiger partial charge in [-0.2, -0.15) is 0 Å². The van der Waals surface area contributed by atoms with Crippen LogP contribution in [0.25, 0.3) is 6.08 Å². The van der Waals surface area contributed by atoms with Crippen LogP contribution in [0.2, 0.25) is 5.32 Å². The van der Waals surface area contributed by atoms with Gasteiger partial charge in [-0.25, -0.2) is 0 Å². The third kappa shape index (κ3) is 8.36. The molecule has 0 aliphatic heterocycles. The Morgan fingerprint density at radius 3 is 2.58 bits per heavy atom. The van der Waals surface area contributed by atoms with Gasteiger partial charge < -0.3 is 0 Å². The molecule has 0 nitrogen and oxygen atoms in total. The molecule has 0 spiro atoms. The van der Waals surface area contributed by atoms with Gasteiger partial charge in [0.05, 0.1) is 0 Å². The summed E-state index contributed by atoms with van der Waals surface area (Å²) in [6.45, 7) is 6.62. The first-order valence-electron chi connectivity index (χ1n) is 6.88. The van der Waals surface area contributed by atoms with Crippen LogP contribution in [0.15, 0.2) is 45.8 Å². The first-order chi connectivity index (χ1) is 9.22. The molecular formula is C17H24SSe. The van der Waals surface area contributed by atoms with Gasteiger partial charge in [0.25, 0.3) is 0 Å². The van der Waals surface area contributed by atoms with E-state index >= 15 is 0 Å². The van der Waals surface area contributed by atoms with Crippen molar-refractivity contribution in [3.05, 3.63) is 51.3 Å². The number of benzene rings is 1.